The van der Waals surface area contributed by atoms with E-state index in [2.05, 4.69) is 0 Å². The highest BCUT2D eigenvalue weighted by atomic mass is 19.1. The number of nitriles is 1. The van der Waals surface area contributed by atoms with Crippen molar-refractivity contribution >= 4 is 16.7 Å². The van der Waals surface area contributed by atoms with E-state index in [1.807, 2.05) is 6.07 Å². The second-order valence-corrected chi connectivity index (χ2v) is 5.09. The van der Waals surface area contributed by atoms with Gasteiger partial charge in [-0.05, 0) is 29.0 Å². The fourth-order valence-corrected chi connectivity index (χ4v) is 2.60. The van der Waals surface area contributed by atoms with Crippen LogP contribution in [0.3, 0.4) is 0 Å². The van der Waals surface area contributed by atoms with Gasteiger partial charge in [-0.25, -0.2) is 18.0 Å². The second kappa shape index (κ2) is 5.70. The van der Waals surface area contributed by atoms with Gasteiger partial charge in [-0.15, -0.1) is 0 Å². The molecular formula is C18H8F3NO2. The quantitative estimate of drug-likeness (QED) is 0.754. The molecule has 6 heteroatoms. The summed E-state index contributed by atoms with van der Waals surface area (Å²) >= 11 is 0. The molecule has 0 aromatic heterocycles. The third kappa shape index (κ3) is 2.46. The number of carbonyl (C=O) groups is 1. The van der Waals surface area contributed by atoms with E-state index in [1.165, 1.54) is 24.3 Å². The fraction of sp³-hybridized carbons (Fsp3) is 0. The number of rotatable bonds is 2. The molecule has 0 atom stereocenters. The molecule has 0 amide bonds. The van der Waals surface area contributed by atoms with Gasteiger partial charge in [0.2, 0.25) is 0 Å². The van der Waals surface area contributed by atoms with Crippen LogP contribution in [0.5, 0.6) is 0 Å². The molecule has 0 saturated heterocycles. The molecule has 0 aliphatic carbocycles. The first-order valence-electron chi connectivity index (χ1n) is 6.77. The minimum atomic E-state index is -1.22. The lowest BCUT2D eigenvalue weighted by Crippen LogP contribution is -1.99. The van der Waals surface area contributed by atoms with Crippen LogP contribution >= 0.6 is 0 Å². The maximum atomic E-state index is 14.2. The van der Waals surface area contributed by atoms with E-state index in [1.54, 1.807) is 6.07 Å². The zero-order valence-corrected chi connectivity index (χ0v) is 12.0. The van der Waals surface area contributed by atoms with Gasteiger partial charge in [0, 0.05) is 17.7 Å². The van der Waals surface area contributed by atoms with Crippen LogP contribution in [0, 0.1) is 28.8 Å². The minimum absolute atomic E-state index is 0.0468. The first-order chi connectivity index (χ1) is 11.4. The Morgan fingerprint density at radius 3 is 2.17 bits per heavy atom. The molecule has 0 bridgehead atoms. The predicted octanol–water partition coefficient (Wildman–Crippen LogP) is 4.49. The van der Waals surface area contributed by atoms with Gasteiger partial charge in [0.25, 0.3) is 0 Å². The molecule has 0 aliphatic rings. The summed E-state index contributed by atoms with van der Waals surface area (Å²) in [6.07, 6.45) is 0. The largest absolute Gasteiger partial charge is 0.478 e. The highest BCUT2D eigenvalue weighted by molar-refractivity contribution is 6.03. The van der Waals surface area contributed by atoms with Crippen LogP contribution in [0.2, 0.25) is 0 Å². The summed E-state index contributed by atoms with van der Waals surface area (Å²) in [5, 5.41) is 19.1. The van der Waals surface area contributed by atoms with Gasteiger partial charge in [0.15, 0.2) is 0 Å². The maximum Gasteiger partial charge on any atom is 0.335 e. The Labute approximate surface area is 134 Å². The van der Waals surface area contributed by atoms with Crippen molar-refractivity contribution in [1.29, 1.82) is 5.26 Å². The minimum Gasteiger partial charge on any atom is -0.478 e. The standard InChI is InChI=1S/C18H8F3NO2/c19-12-6-14(20)17(15(21)7-12)16-11(8-22)4-2-9-1-3-10(18(23)24)5-13(9)16/h1-7H,(H,23,24). The Morgan fingerprint density at radius 1 is 0.958 bits per heavy atom. The van der Waals surface area contributed by atoms with E-state index in [-0.39, 0.29) is 22.1 Å². The normalized spacial score (nSPS) is 10.6. The highest BCUT2D eigenvalue weighted by Crippen LogP contribution is 2.36. The average molecular weight is 327 g/mol. The van der Waals surface area contributed by atoms with Crippen molar-refractivity contribution < 1.29 is 23.1 Å². The van der Waals surface area contributed by atoms with Crippen molar-refractivity contribution in [3.63, 3.8) is 0 Å². The van der Waals surface area contributed by atoms with Gasteiger partial charge in [-0.2, -0.15) is 5.26 Å². The molecule has 24 heavy (non-hydrogen) atoms. The topological polar surface area (TPSA) is 61.1 Å². The van der Waals surface area contributed by atoms with Crippen molar-refractivity contribution in [1.82, 2.24) is 0 Å². The van der Waals surface area contributed by atoms with Crippen LogP contribution in [-0.4, -0.2) is 11.1 Å². The van der Waals surface area contributed by atoms with E-state index in [0.29, 0.717) is 17.5 Å². The predicted molar refractivity (Wildman–Crippen MR) is 80.9 cm³/mol. The summed E-state index contributed by atoms with van der Waals surface area (Å²) in [4.78, 5) is 11.2. The van der Waals surface area contributed by atoms with Crippen LogP contribution in [-0.2, 0) is 0 Å². The molecule has 0 unspecified atom stereocenters. The van der Waals surface area contributed by atoms with Gasteiger partial charge in [0.05, 0.1) is 22.8 Å². The lowest BCUT2D eigenvalue weighted by Gasteiger charge is -2.12. The number of aromatic carboxylic acids is 1. The van der Waals surface area contributed by atoms with Crippen LogP contribution in [0.25, 0.3) is 21.9 Å². The molecular weight excluding hydrogens is 319 g/mol. The number of carboxylic acid groups (broad SMARTS) is 1. The van der Waals surface area contributed by atoms with Gasteiger partial charge < -0.3 is 5.11 Å². The van der Waals surface area contributed by atoms with Crippen molar-refractivity contribution in [3.05, 3.63) is 71.0 Å². The van der Waals surface area contributed by atoms with Crippen LogP contribution in [0.1, 0.15) is 15.9 Å². The lowest BCUT2D eigenvalue weighted by molar-refractivity contribution is 0.0697. The van der Waals surface area contributed by atoms with E-state index in [0.717, 1.165) is 0 Å². The van der Waals surface area contributed by atoms with Gasteiger partial charge >= 0.3 is 5.97 Å². The van der Waals surface area contributed by atoms with Crippen LogP contribution < -0.4 is 0 Å². The Bertz CT molecular complexity index is 1020. The molecule has 1 N–H and O–H groups in total. The number of halogens is 3. The molecule has 0 fully saturated rings. The molecule has 0 aliphatic heterocycles. The van der Waals surface area contributed by atoms with Crippen molar-refractivity contribution in [2.24, 2.45) is 0 Å². The van der Waals surface area contributed by atoms with Crippen LogP contribution in [0.4, 0.5) is 13.2 Å². The Hall–Kier alpha value is -3.33. The highest BCUT2D eigenvalue weighted by Gasteiger charge is 2.20. The number of fused-ring (bicyclic) bond motifs is 1. The summed E-state index contributed by atoms with van der Waals surface area (Å²) < 4.78 is 41.6. The number of benzene rings is 3. The van der Waals surface area contributed by atoms with Gasteiger partial charge in [0.1, 0.15) is 17.5 Å². The number of nitrogens with zero attached hydrogens (tertiary/aromatic N) is 1. The number of hydrogen-bond donors (Lipinski definition) is 1. The third-order valence-corrected chi connectivity index (χ3v) is 3.65. The molecule has 3 nitrogen and oxygen atoms in total. The first kappa shape index (κ1) is 15.6. The van der Waals surface area contributed by atoms with Crippen LogP contribution in [0.15, 0.2) is 42.5 Å². The number of carboxylic acids is 1. The molecule has 0 radical (unpaired) electrons. The van der Waals surface area contributed by atoms with Crippen molar-refractivity contribution in [2.45, 2.75) is 0 Å². The second-order valence-electron chi connectivity index (χ2n) is 5.09. The molecule has 3 rings (SSSR count). The van der Waals surface area contributed by atoms with Gasteiger partial charge in [-0.1, -0.05) is 12.1 Å². The summed E-state index contributed by atoms with van der Waals surface area (Å²) in [6, 6.07) is 9.83. The molecule has 0 saturated carbocycles. The Kier molecular flexibility index (Phi) is 3.70. The van der Waals surface area contributed by atoms with E-state index >= 15 is 0 Å². The van der Waals surface area contributed by atoms with E-state index < -0.39 is 29.0 Å². The summed E-state index contributed by atoms with van der Waals surface area (Å²) in [6.45, 7) is 0. The average Bonchev–Trinajstić information content (AvgIpc) is 2.53. The van der Waals surface area contributed by atoms with Gasteiger partial charge in [-0.3, -0.25) is 0 Å². The summed E-state index contributed by atoms with van der Waals surface area (Å²) in [7, 11) is 0. The zero-order valence-electron chi connectivity index (χ0n) is 12.0. The summed E-state index contributed by atoms with van der Waals surface area (Å²) in [5.41, 5.74) is -0.814. The third-order valence-electron chi connectivity index (χ3n) is 3.65. The molecule has 0 heterocycles. The smallest absolute Gasteiger partial charge is 0.335 e. The van der Waals surface area contributed by atoms with E-state index in [9.17, 15) is 23.2 Å². The molecule has 118 valence electrons. The SMILES string of the molecule is N#Cc1ccc2ccc(C(=O)O)cc2c1-c1c(F)cc(F)cc1F. The van der Waals surface area contributed by atoms with E-state index in [4.69, 9.17) is 5.11 Å². The first-order valence-corrected chi connectivity index (χ1v) is 6.77. The Balaban J connectivity index is 2.48. The maximum absolute atomic E-state index is 14.2. The lowest BCUT2D eigenvalue weighted by atomic mass is 9.92. The Morgan fingerprint density at radius 2 is 1.58 bits per heavy atom. The van der Waals surface area contributed by atoms with Crippen molar-refractivity contribution in [2.75, 3.05) is 0 Å². The molecule has 3 aromatic rings. The fourth-order valence-electron chi connectivity index (χ4n) is 2.60. The zero-order chi connectivity index (χ0) is 17.4. The summed E-state index contributed by atoms with van der Waals surface area (Å²) in [5.74, 6) is -4.64. The monoisotopic (exact) mass is 327 g/mol. The molecule has 0 spiro atoms. The molecule has 3 aromatic carbocycles. The van der Waals surface area contributed by atoms with Crippen molar-refractivity contribution in [3.8, 4) is 17.2 Å². The number of hydrogen-bond acceptors (Lipinski definition) is 2.